The molecular weight excluding hydrogens is 322 g/mol. The van der Waals surface area contributed by atoms with E-state index >= 15 is 0 Å². The Morgan fingerprint density at radius 1 is 1.35 bits per heavy atom. The lowest BCUT2D eigenvalue weighted by molar-refractivity contribution is 0.0522. The predicted molar refractivity (Wildman–Crippen MR) is 79.1 cm³/mol. The molecular formula is C15H14BrNO3. The van der Waals surface area contributed by atoms with E-state index < -0.39 is 5.97 Å². The van der Waals surface area contributed by atoms with Gasteiger partial charge in [0.05, 0.1) is 6.61 Å². The Morgan fingerprint density at radius 3 is 2.85 bits per heavy atom. The van der Waals surface area contributed by atoms with Gasteiger partial charge in [-0.25, -0.2) is 9.78 Å². The fourth-order valence-electron chi connectivity index (χ4n) is 1.67. The maximum absolute atomic E-state index is 11.8. The van der Waals surface area contributed by atoms with Crippen LogP contribution in [0, 0.1) is 6.92 Å². The molecule has 2 aromatic rings. The summed E-state index contributed by atoms with van der Waals surface area (Å²) < 4.78 is 11.7. The first kappa shape index (κ1) is 14.5. The van der Waals surface area contributed by atoms with E-state index in [1.807, 2.05) is 25.1 Å². The molecule has 4 nitrogen and oxygen atoms in total. The highest BCUT2D eigenvalue weighted by atomic mass is 79.9. The van der Waals surface area contributed by atoms with E-state index in [0.29, 0.717) is 17.9 Å². The topological polar surface area (TPSA) is 48.4 Å². The lowest BCUT2D eigenvalue weighted by atomic mass is 10.2. The first-order valence-electron chi connectivity index (χ1n) is 6.18. The lowest BCUT2D eigenvalue weighted by Crippen LogP contribution is -2.07. The monoisotopic (exact) mass is 335 g/mol. The number of aryl methyl sites for hydroxylation is 1. The maximum Gasteiger partial charge on any atom is 0.343 e. The Bertz CT molecular complexity index is 628. The molecule has 1 aromatic heterocycles. The van der Waals surface area contributed by atoms with Crippen LogP contribution < -0.4 is 4.74 Å². The predicted octanol–water partition coefficient (Wildman–Crippen LogP) is 4.12. The van der Waals surface area contributed by atoms with Crippen LogP contribution in [-0.4, -0.2) is 17.6 Å². The van der Waals surface area contributed by atoms with Crippen LogP contribution >= 0.6 is 15.9 Å². The molecule has 0 aliphatic carbocycles. The van der Waals surface area contributed by atoms with Crippen molar-refractivity contribution in [3.63, 3.8) is 0 Å². The van der Waals surface area contributed by atoms with Gasteiger partial charge < -0.3 is 9.47 Å². The van der Waals surface area contributed by atoms with Crippen LogP contribution in [-0.2, 0) is 4.74 Å². The molecule has 0 radical (unpaired) electrons. The van der Waals surface area contributed by atoms with E-state index in [9.17, 15) is 4.79 Å². The molecule has 0 atom stereocenters. The average molecular weight is 336 g/mol. The minimum atomic E-state index is -0.439. The third kappa shape index (κ3) is 3.36. The number of pyridine rings is 1. The molecule has 0 aliphatic rings. The summed E-state index contributed by atoms with van der Waals surface area (Å²) in [5.74, 6) is 0.458. The highest BCUT2D eigenvalue weighted by Crippen LogP contribution is 2.28. The van der Waals surface area contributed by atoms with E-state index in [1.54, 1.807) is 25.3 Å². The Kier molecular flexibility index (Phi) is 4.74. The number of hydrogen-bond acceptors (Lipinski definition) is 4. The van der Waals surface area contributed by atoms with E-state index in [-0.39, 0.29) is 5.88 Å². The van der Waals surface area contributed by atoms with Crippen LogP contribution in [0.3, 0.4) is 0 Å². The first-order valence-corrected chi connectivity index (χ1v) is 6.97. The second-order valence-electron chi connectivity index (χ2n) is 4.09. The van der Waals surface area contributed by atoms with E-state index in [0.717, 1.165) is 10.0 Å². The molecule has 20 heavy (non-hydrogen) atoms. The van der Waals surface area contributed by atoms with E-state index in [4.69, 9.17) is 9.47 Å². The molecule has 0 saturated carbocycles. The lowest BCUT2D eigenvalue weighted by Gasteiger charge is -2.11. The molecule has 5 heteroatoms. The molecule has 1 aromatic carbocycles. The highest BCUT2D eigenvalue weighted by Gasteiger charge is 2.15. The summed E-state index contributed by atoms with van der Waals surface area (Å²) in [6.07, 6.45) is 1.58. The fourth-order valence-corrected chi connectivity index (χ4v) is 2.14. The quantitative estimate of drug-likeness (QED) is 0.788. The van der Waals surface area contributed by atoms with Gasteiger partial charge in [0.15, 0.2) is 0 Å². The van der Waals surface area contributed by atoms with Crippen LogP contribution in [0.4, 0.5) is 0 Å². The summed E-state index contributed by atoms with van der Waals surface area (Å²) in [4.78, 5) is 16.0. The zero-order chi connectivity index (χ0) is 14.5. The van der Waals surface area contributed by atoms with Gasteiger partial charge in [-0.2, -0.15) is 0 Å². The van der Waals surface area contributed by atoms with Gasteiger partial charge >= 0.3 is 5.97 Å². The standard InChI is InChI=1S/C15H14BrNO3/c1-3-19-15(18)12-5-4-8-17-14(12)20-13-7-6-11(16)9-10(13)2/h4-9H,3H2,1-2H3. The third-order valence-electron chi connectivity index (χ3n) is 2.61. The second-order valence-corrected chi connectivity index (χ2v) is 5.00. The molecule has 0 bridgehead atoms. The van der Waals surface area contributed by atoms with Crippen molar-refractivity contribution in [3.05, 3.63) is 52.1 Å². The highest BCUT2D eigenvalue weighted by molar-refractivity contribution is 9.10. The Balaban J connectivity index is 2.31. The Labute approximate surface area is 125 Å². The third-order valence-corrected chi connectivity index (χ3v) is 3.10. The Morgan fingerprint density at radius 2 is 2.15 bits per heavy atom. The molecule has 2 rings (SSSR count). The number of aromatic nitrogens is 1. The van der Waals surface area contributed by atoms with Gasteiger partial charge in [-0.05, 0) is 49.7 Å². The summed E-state index contributed by atoms with van der Waals surface area (Å²) >= 11 is 3.39. The number of halogens is 1. The van der Waals surface area contributed by atoms with Gasteiger partial charge in [0.2, 0.25) is 5.88 Å². The van der Waals surface area contributed by atoms with Crippen molar-refractivity contribution in [3.8, 4) is 11.6 Å². The van der Waals surface area contributed by atoms with Crippen molar-refractivity contribution in [1.82, 2.24) is 4.98 Å². The van der Waals surface area contributed by atoms with Crippen LogP contribution in [0.2, 0.25) is 0 Å². The molecule has 0 aliphatic heterocycles. The normalized spacial score (nSPS) is 10.2. The van der Waals surface area contributed by atoms with Crippen LogP contribution in [0.25, 0.3) is 0 Å². The first-order chi connectivity index (χ1) is 9.61. The van der Waals surface area contributed by atoms with Gasteiger partial charge in [0.1, 0.15) is 11.3 Å². The largest absolute Gasteiger partial charge is 0.462 e. The summed E-state index contributed by atoms with van der Waals surface area (Å²) in [6, 6.07) is 8.93. The molecule has 0 fully saturated rings. The number of esters is 1. The van der Waals surface area contributed by atoms with E-state index in [2.05, 4.69) is 20.9 Å². The second kappa shape index (κ2) is 6.52. The van der Waals surface area contributed by atoms with Crippen molar-refractivity contribution in [2.24, 2.45) is 0 Å². The van der Waals surface area contributed by atoms with Crippen molar-refractivity contribution >= 4 is 21.9 Å². The van der Waals surface area contributed by atoms with Crippen LogP contribution in [0.1, 0.15) is 22.8 Å². The van der Waals surface area contributed by atoms with Crippen molar-refractivity contribution < 1.29 is 14.3 Å². The minimum absolute atomic E-state index is 0.247. The number of carbonyl (C=O) groups excluding carboxylic acids is 1. The number of carbonyl (C=O) groups is 1. The summed E-state index contributed by atoms with van der Waals surface area (Å²) in [7, 11) is 0. The summed E-state index contributed by atoms with van der Waals surface area (Å²) in [5.41, 5.74) is 1.26. The Hall–Kier alpha value is -1.88. The summed E-state index contributed by atoms with van der Waals surface area (Å²) in [5, 5.41) is 0. The number of rotatable bonds is 4. The van der Waals surface area contributed by atoms with Gasteiger partial charge in [-0.3, -0.25) is 0 Å². The molecule has 0 saturated heterocycles. The molecule has 0 amide bonds. The minimum Gasteiger partial charge on any atom is -0.462 e. The average Bonchev–Trinajstić information content (AvgIpc) is 2.43. The van der Waals surface area contributed by atoms with Crippen LogP contribution in [0.15, 0.2) is 41.0 Å². The molecule has 104 valence electrons. The molecule has 0 N–H and O–H groups in total. The van der Waals surface area contributed by atoms with E-state index in [1.165, 1.54) is 0 Å². The fraction of sp³-hybridized carbons (Fsp3) is 0.200. The van der Waals surface area contributed by atoms with Gasteiger partial charge in [0, 0.05) is 10.7 Å². The van der Waals surface area contributed by atoms with Crippen molar-refractivity contribution in [1.29, 1.82) is 0 Å². The number of benzene rings is 1. The molecule has 1 heterocycles. The molecule has 0 spiro atoms. The van der Waals surface area contributed by atoms with Gasteiger partial charge in [0.25, 0.3) is 0 Å². The number of nitrogens with zero attached hydrogens (tertiary/aromatic N) is 1. The van der Waals surface area contributed by atoms with Crippen LogP contribution in [0.5, 0.6) is 11.6 Å². The number of hydrogen-bond donors (Lipinski definition) is 0. The number of ether oxygens (including phenoxy) is 2. The van der Waals surface area contributed by atoms with Gasteiger partial charge in [-0.15, -0.1) is 0 Å². The molecule has 0 unspecified atom stereocenters. The zero-order valence-corrected chi connectivity index (χ0v) is 12.8. The SMILES string of the molecule is CCOC(=O)c1cccnc1Oc1ccc(Br)cc1C. The smallest absolute Gasteiger partial charge is 0.343 e. The van der Waals surface area contributed by atoms with Crippen molar-refractivity contribution in [2.45, 2.75) is 13.8 Å². The maximum atomic E-state index is 11.8. The zero-order valence-electron chi connectivity index (χ0n) is 11.2. The van der Waals surface area contributed by atoms with Crippen molar-refractivity contribution in [2.75, 3.05) is 6.61 Å². The summed E-state index contributed by atoms with van der Waals surface area (Å²) in [6.45, 7) is 3.99. The van der Waals surface area contributed by atoms with Gasteiger partial charge in [-0.1, -0.05) is 15.9 Å².